The van der Waals surface area contributed by atoms with Gasteiger partial charge >= 0.3 is 5.97 Å². The molecule has 1 heterocycles. The topological polar surface area (TPSA) is 78.1 Å². The summed E-state index contributed by atoms with van der Waals surface area (Å²) in [6.07, 6.45) is 2.84. The molecule has 0 aliphatic heterocycles. The van der Waals surface area contributed by atoms with Gasteiger partial charge in [0.05, 0.1) is 7.11 Å². The first-order chi connectivity index (χ1) is 9.13. The summed E-state index contributed by atoms with van der Waals surface area (Å²) in [5.41, 5.74) is 8.51. The lowest BCUT2D eigenvalue weighted by Crippen LogP contribution is -2.09. The Morgan fingerprint density at radius 1 is 1.32 bits per heavy atom. The molecule has 19 heavy (non-hydrogen) atoms. The van der Waals surface area contributed by atoms with Crippen molar-refractivity contribution in [1.82, 2.24) is 9.97 Å². The number of rotatable bonds is 3. The van der Waals surface area contributed by atoms with Gasteiger partial charge in [-0.25, -0.2) is 14.8 Å². The fourth-order valence-corrected chi connectivity index (χ4v) is 1.65. The number of hydrogen-bond donors (Lipinski definition) is 1. The maximum Gasteiger partial charge on any atom is 0.357 e. The average Bonchev–Trinajstić information content (AvgIpc) is 2.46. The molecule has 0 aliphatic rings. The number of carbonyl (C=O) groups excluding carboxylic acids is 1. The highest BCUT2D eigenvalue weighted by atomic mass is 16.5. The summed E-state index contributed by atoms with van der Waals surface area (Å²) in [6.45, 7) is 3.97. The number of methoxy groups -OCH3 is 1. The monoisotopic (exact) mass is 255 g/mol. The van der Waals surface area contributed by atoms with Crippen molar-refractivity contribution in [1.29, 1.82) is 0 Å². The molecular formula is C14H13N3O2. The Balaban J connectivity index is 2.44. The molecule has 0 saturated carbocycles. The van der Waals surface area contributed by atoms with Gasteiger partial charge in [-0.05, 0) is 23.3 Å². The lowest BCUT2D eigenvalue weighted by Gasteiger charge is -2.09. The number of aromatic nitrogens is 2. The molecule has 2 rings (SSSR count). The van der Waals surface area contributed by atoms with Gasteiger partial charge < -0.3 is 10.5 Å². The Bertz CT molecular complexity index is 621. The number of nitrogens with two attached hydrogens (primary N) is 1. The van der Waals surface area contributed by atoms with E-state index < -0.39 is 5.97 Å². The van der Waals surface area contributed by atoms with Crippen LogP contribution in [0.4, 0.5) is 5.69 Å². The maximum atomic E-state index is 11.7. The molecule has 0 amide bonds. The zero-order chi connectivity index (χ0) is 13.8. The van der Waals surface area contributed by atoms with Crippen LogP contribution in [0, 0.1) is 0 Å². The van der Waals surface area contributed by atoms with Crippen LogP contribution in [0.15, 0.2) is 43.4 Å². The molecule has 0 saturated heterocycles. The molecule has 96 valence electrons. The van der Waals surface area contributed by atoms with E-state index in [-0.39, 0.29) is 5.69 Å². The minimum absolute atomic E-state index is 0.194. The van der Waals surface area contributed by atoms with Crippen molar-refractivity contribution in [3.8, 4) is 0 Å². The molecule has 2 N–H and O–H groups in total. The molecule has 0 atom stereocenters. The van der Waals surface area contributed by atoms with E-state index in [2.05, 4.69) is 16.5 Å². The van der Waals surface area contributed by atoms with Crippen LogP contribution in [0.25, 0.3) is 5.57 Å². The van der Waals surface area contributed by atoms with Crippen molar-refractivity contribution in [3.63, 3.8) is 0 Å². The van der Waals surface area contributed by atoms with E-state index in [1.165, 1.54) is 19.6 Å². The highest BCUT2D eigenvalue weighted by molar-refractivity contribution is 5.95. The van der Waals surface area contributed by atoms with Gasteiger partial charge in [0.2, 0.25) is 0 Å². The van der Waals surface area contributed by atoms with Crippen LogP contribution in [0.1, 0.15) is 21.6 Å². The van der Waals surface area contributed by atoms with Crippen LogP contribution in [-0.4, -0.2) is 23.0 Å². The van der Waals surface area contributed by atoms with Crippen LogP contribution in [0.2, 0.25) is 0 Å². The number of hydrogen-bond acceptors (Lipinski definition) is 5. The van der Waals surface area contributed by atoms with Gasteiger partial charge in [0.25, 0.3) is 0 Å². The molecule has 1 aromatic heterocycles. The minimum Gasteiger partial charge on any atom is -0.464 e. The van der Waals surface area contributed by atoms with E-state index in [4.69, 9.17) is 10.5 Å². The highest BCUT2D eigenvalue weighted by Crippen LogP contribution is 2.24. The average molecular weight is 255 g/mol. The van der Waals surface area contributed by atoms with Crippen molar-refractivity contribution < 1.29 is 9.53 Å². The number of carbonyl (C=O) groups is 1. The molecule has 1 aromatic carbocycles. The molecule has 0 radical (unpaired) electrons. The quantitative estimate of drug-likeness (QED) is 0.669. The second kappa shape index (κ2) is 5.30. The SMILES string of the molecule is C=C(c1ccc(N)cc1)c1cncnc1C(=O)OC. The summed E-state index contributed by atoms with van der Waals surface area (Å²) in [7, 11) is 1.31. The summed E-state index contributed by atoms with van der Waals surface area (Å²) in [6, 6.07) is 7.18. The minimum atomic E-state index is -0.519. The van der Waals surface area contributed by atoms with Crippen molar-refractivity contribution in [2.75, 3.05) is 12.8 Å². The van der Waals surface area contributed by atoms with Gasteiger partial charge in [-0.3, -0.25) is 0 Å². The second-order valence-corrected chi connectivity index (χ2v) is 3.88. The Kier molecular flexibility index (Phi) is 3.56. The van der Waals surface area contributed by atoms with Crippen molar-refractivity contribution in [3.05, 3.63) is 60.2 Å². The largest absolute Gasteiger partial charge is 0.464 e. The van der Waals surface area contributed by atoms with Crippen molar-refractivity contribution >= 4 is 17.2 Å². The van der Waals surface area contributed by atoms with Gasteiger partial charge in [0, 0.05) is 17.4 Å². The smallest absolute Gasteiger partial charge is 0.357 e. The third kappa shape index (κ3) is 2.60. The number of nitrogens with zero attached hydrogens (tertiary/aromatic N) is 2. The number of esters is 1. The van der Waals surface area contributed by atoms with Crippen molar-refractivity contribution in [2.45, 2.75) is 0 Å². The zero-order valence-electron chi connectivity index (χ0n) is 10.5. The second-order valence-electron chi connectivity index (χ2n) is 3.88. The fraction of sp³-hybridized carbons (Fsp3) is 0.0714. The van der Waals surface area contributed by atoms with Gasteiger partial charge in [0.15, 0.2) is 5.69 Å². The number of nitrogen functional groups attached to an aromatic ring is 1. The third-order valence-electron chi connectivity index (χ3n) is 2.68. The molecule has 0 aliphatic carbocycles. The predicted molar refractivity (Wildman–Crippen MR) is 72.4 cm³/mol. The molecule has 0 spiro atoms. The summed E-state index contributed by atoms with van der Waals surface area (Å²) >= 11 is 0. The molecule has 0 unspecified atom stereocenters. The molecule has 5 heteroatoms. The summed E-state index contributed by atoms with van der Waals surface area (Å²) in [5.74, 6) is -0.519. The van der Waals surface area contributed by atoms with Gasteiger partial charge in [-0.15, -0.1) is 0 Å². The Morgan fingerprint density at radius 3 is 2.63 bits per heavy atom. The molecule has 0 fully saturated rings. The van der Waals surface area contributed by atoms with Crippen LogP contribution >= 0.6 is 0 Å². The van der Waals surface area contributed by atoms with Crippen LogP contribution in [-0.2, 0) is 4.74 Å². The standard InChI is InChI=1S/C14H13N3O2/c1-9(10-3-5-11(15)6-4-10)12-7-16-8-17-13(12)14(18)19-2/h3-8H,1,15H2,2H3. The van der Waals surface area contributed by atoms with E-state index in [0.29, 0.717) is 16.8 Å². The zero-order valence-corrected chi connectivity index (χ0v) is 10.5. The molecule has 0 bridgehead atoms. The normalized spacial score (nSPS) is 9.95. The van der Waals surface area contributed by atoms with Crippen LogP contribution in [0.5, 0.6) is 0 Å². The lowest BCUT2D eigenvalue weighted by molar-refractivity contribution is 0.0593. The number of benzene rings is 1. The van der Waals surface area contributed by atoms with E-state index in [1.54, 1.807) is 12.1 Å². The van der Waals surface area contributed by atoms with Gasteiger partial charge in [-0.2, -0.15) is 0 Å². The van der Waals surface area contributed by atoms with Crippen LogP contribution < -0.4 is 5.73 Å². The lowest BCUT2D eigenvalue weighted by atomic mass is 9.99. The molecule has 5 nitrogen and oxygen atoms in total. The summed E-state index contributed by atoms with van der Waals surface area (Å²) in [5, 5.41) is 0. The maximum absolute atomic E-state index is 11.7. The first kappa shape index (κ1) is 12.8. The van der Waals surface area contributed by atoms with Gasteiger partial charge in [-0.1, -0.05) is 18.7 Å². The molecular weight excluding hydrogens is 242 g/mol. The fourth-order valence-electron chi connectivity index (χ4n) is 1.65. The summed E-state index contributed by atoms with van der Waals surface area (Å²) in [4.78, 5) is 19.5. The first-order valence-corrected chi connectivity index (χ1v) is 5.57. The van der Waals surface area contributed by atoms with Crippen molar-refractivity contribution in [2.24, 2.45) is 0 Å². The Hall–Kier alpha value is -2.69. The Morgan fingerprint density at radius 2 is 2.00 bits per heavy atom. The van der Waals surface area contributed by atoms with Crippen LogP contribution in [0.3, 0.4) is 0 Å². The van der Waals surface area contributed by atoms with E-state index in [1.807, 2.05) is 12.1 Å². The Labute approximate surface area is 110 Å². The first-order valence-electron chi connectivity index (χ1n) is 5.57. The number of ether oxygens (including phenoxy) is 1. The highest BCUT2D eigenvalue weighted by Gasteiger charge is 2.16. The summed E-state index contributed by atoms with van der Waals surface area (Å²) < 4.78 is 4.69. The predicted octanol–water partition coefficient (Wildman–Crippen LogP) is 1.91. The number of anilines is 1. The van der Waals surface area contributed by atoms with E-state index in [9.17, 15) is 4.79 Å². The molecule has 2 aromatic rings. The van der Waals surface area contributed by atoms with E-state index >= 15 is 0 Å². The van der Waals surface area contributed by atoms with Gasteiger partial charge in [0.1, 0.15) is 6.33 Å². The van der Waals surface area contributed by atoms with E-state index in [0.717, 1.165) is 5.56 Å². The third-order valence-corrected chi connectivity index (χ3v) is 2.68.